The highest BCUT2D eigenvalue weighted by atomic mass is 16.3. The monoisotopic (exact) mass is 191 g/mol. The molecule has 0 radical (unpaired) electrons. The molecule has 0 aromatic heterocycles. The SMILES string of the molecule is CC.CC.CCC(O)CCN(C)C. The van der Waals surface area contributed by atoms with Crippen molar-refractivity contribution in [1.29, 1.82) is 0 Å². The fourth-order valence-corrected chi connectivity index (χ4v) is 0.611. The average molecular weight is 191 g/mol. The molecule has 13 heavy (non-hydrogen) atoms. The molecule has 2 heteroatoms. The van der Waals surface area contributed by atoms with Gasteiger partial charge in [0.25, 0.3) is 0 Å². The summed E-state index contributed by atoms with van der Waals surface area (Å²) in [7, 11) is 4.03. The second-order valence-corrected chi connectivity index (χ2v) is 2.65. The summed E-state index contributed by atoms with van der Waals surface area (Å²) in [5.74, 6) is 0. The lowest BCUT2D eigenvalue weighted by molar-refractivity contribution is 0.148. The molecule has 1 unspecified atom stereocenters. The van der Waals surface area contributed by atoms with Crippen LogP contribution < -0.4 is 0 Å². The molecule has 0 aromatic carbocycles. The van der Waals surface area contributed by atoms with Crippen LogP contribution in [0.5, 0.6) is 0 Å². The van der Waals surface area contributed by atoms with Gasteiger partial charge in [-0.15, -0.1) is 0 Å². The molecule has 0 aliphatic heterocycles. The zero-order valence-corrected chi connectivity index (χ0v) is 10.6. The van der Waals surface area contributed by atoms with Gasteiger partial charge >= 0.3 is 0 Å². The molecule has 0 saturated heterocycles. The molecule has 0 spiro atoms. The minimum atomic E-state index is -0.104. The van der Waals surface area contributed by atoms with Gasteiger partial charge in [0.05, 0.1) is 6.10 Å². The molecule has 0 aliphatic carbocycles. The van der Waals surface area contributed by atoms with E-state index in [0.29, 0.717) is 0 Å². The maximum atomic E-state index is 9.08. The van der Waals surface area contributed by atoms with Crippen LogP contribution in [0.3, 0.4) is 0 Å². The predicted octanol–water partition coefficient (Wildman–Crippen LogP) is 2.76. The van der Waals surface area contributed by atoms with Crippen LogP contribution in [-0.2, 0) is 0 Å². The van der Waals surface area contributed by atoms with E-state index in [0.717, 1.165) is 19.4 Å². The Kier molecular flexibility index (Phi) is 25.6. The third-order valence-electron chi connectivity index (χ3n) is 1.38. The zero-order chi connectivity index (χ0) is 11.3. The summed E-state index contributed by atoms with van der Waals surface area (Å²) in [5, 5.41) is 9.08. The van der Waals surface area contributed by atoms with Crippen LogP contribution in [-0.4, -0.2) is 36.8 Å². The lowest BCUT2D eigenvalue weighted by atomic mass is 10.2. The fourth-order valence-electron chi connectivity index (χ4n) is 0.611. The molecule has 0 heterocycles. The summed E-state index contributed by atoms with van der Waals surface area (Å²) in [4.78, 5) is 2.08. The second-order valence-electron chi connectivity index (χ2n) is 2.65. The van der Waals surface area contributed by atoms with Gasteiger partial charge in [-0.3, -0.25) is 0 Å². The highest BCUT2D eigenvalue weighted by Crippen LogP contribution is 1.96. The Labute approximate surface area is 85.0 Å². The van der Waals surface area contributed by atoms with E-state index in [4.69, 9.17) is 5.11 Å². The first kappa shape index (κ1) is 18.7. The summed E-state index contributed by atoms with van der Waals surface area (Å²) in [6.07, 6.45) is 1.66. The fraction of sp³-hybridized carbons (Fsp3) is 1.00. The molecule has 0 aromatic rings. The predicted molar refractivity (Wildman–Crippen MR) is 62.2 cm³/mol. The molecule has 0 amide bonds. The Morgan fingerprint density at radius 2 is 1.46 bits per heavy atom. The highest BCUT2D eigenvalue weighted by molar-refractivity contribution is 4.53. The second kappa shape index (κ2) is 17.9. The van der Waals surface area contributed by atoms with Crippen LogP contribution in [0.2, 0.25) is 0 Å². The van der Waals surface area contributed by atoms with Crippen LogP contribution in [0.25, 0.3) is 0 Å². The summed E-state index contributed by atoms with van der Waals surface area (Å²) < 4.78 is 0. The van der Waals surface area contributed by atoms with Gasteiger partial charge in [0.2, 0.25) is 0 Å². The smallest absolute Gasteiger partial charge is 0.0549 e. The van der Waals surface area contributed by atoms with Crippen molar-refractivity contribution in [3.63, 3.8) is 0 Å². The molecule has 0 bridgehead atoms. The van der Waals surface area contributed by atoms with E-state index in [1.54, 1.807) is 0 Å². The largest absolute Gasteiger partial charge is 0.393 e. The third kappa shape index (κ3) is 24.5. The number of hydrogen-bond acceptors (Lipinski definition) is 2. The summed E-state index contributed by atoms with van der Waals surface area (Å²) in [5.41, 5.74) is 0. The van der Waals surface area contributed by atoms with Crippen molar-refractivity contribution in [2.24, 2.45) is 0 Å². The first-order chi connectivity index (χ1) is 6.16. The summed E-state index contributed by atoms with van der Waals surface area (Å²) in [6.45, 7) is 11.0. The van der Waals surface area contributed by atoms with Gasteiger partial charge in [0.15, 0.2) is 0 Å². The Bertz CT molecular complexity index is 65.1. The van der Waals surface area contributed by atoms with E-state index in [9.17, 15) is 0 Å². The van der Waals surface area contributed by atoms with E-state index in [1.165, 1.54) is 0 Å². The standard InChI is InChI=1S/C7H17NO.2C2H6/c1-4-7(9)5-6-8(2)3;2*1-2/h7,9H,4-6H2,1-3H3;2*1-2H3. The van der Waals surface area contributed by atoms with Gasteiger partial charge in [0, 0.05) is 0 Å². The summed E-state index contributed by atoms with van der Waals surface area (Å²) >= 11 is 0. The van der Waals surface area contributed by atoms with Crippen LogP contribution in [0.4, 0.5) is 0 Å². The number of hydrogen-bond donors (Lipinski definition) is 1. The molecule has 0 saturated carbocycles. The van der Waals surface area contributed by atoms with Crippen molar-refractivity contribution in [1.82, 2.24) is 4.90 Å². The maximum absolute atomic E-state index is 9.08. The Hall–Kier alpha value is -0.0800. The Balaban J connectivity index is -0.000000218. The average Bonchev–Trinajstić information content (AvgIpc) is 2.20. The molecular weight excluding hydrogens is 162 g/mol. The van der Waals surface area contributed by atoms with Gasteiger partial charge in [-0.05, 0) is 33.5 Å². The van der Waals surface area contributed by atoms with Crippen molar-refractivity contribution in [3.8, 4) is 0 Å². The van der Waals surface area contributed by atoms with Crippen molar-refractivity contribution < 1.29 is 5.11 Å². The number of nitrogens with zero attached hydrogens (tertiary/aromatic N) is 1. The van der Waals surface area contributed by atoms with Crippen molar-refractivity contribution in [2.45, 2.75) is 53.6 Å². The highest BCUT2D eigenvalue weighted by Gasteiger charge is 1.99. The van der Waals surface area contributed by atoms with Crippen LogP contribution in [0.15, 0.2) is 0 Å². The van der Waals surface area contributed by atoms with Crippen molar-refractivity contribution in [2.75, 3.05) is 20.6 Å². The molecule has 0 fully saturated rings. The van der Waals surface area contributed by atoms with E-state index in [-0.39, 0.29) is 6.10 Å². The number of rotatable bonds is 4. The molecule has 1 atom stereocenters. The van der Waals surface area contributed by atoms with Crippen molar-refractivity contribution in [3.05, 3.63) is 0 Å². The molecule has 84 valence electrons. The minimum absolute atomic E-state index is 0.104. The number of aliphatic hydroxyl groups is 1. The van der Waals surface area contributed by atoms with E-state index in [2.05, 4.69) is 4.90 Å². The lowest BCUT2D eigenvalue weighted by Crippen LogP contribution is -2.18. The molecule has 0 rings (SSSR count). The van der Waals surface area contributed by atoms with Gasteiger partial charge < -0.3 is 10.0 Å². The zero-order valence-electron chi connectivity index (χ0n) is 10.6. The molecule has 0 aliphatic rings. The van der Waals surface area contributed by atoms with Gasteiger partial charge in [-0.1, -0.05) is 34.6 Å². The number of aliphatic hydroxyl groups excluding tert-OH is 1. The van der Waals surface area contributed by atoms with E-state index >= 15 is 0 Å². The topological polar surface area (TPSA) is 23.5 Å². The van der Waals surface area contributed by atoms with E-state index in [1.807, 2.05) is 48.7 Å². The normalized spacial score (nSPS) is 10.8. The van der Waals surface area contributed by atoms with Crippen LogP contribution in [0, 0.1) is 0 Å². The van der Waals surface area contributed by atoms with Crippen molar-refractivity contribution >= 4 is 0 Å². The summed E-state index contributed by atoms with van der Waals surface area (Å²) in [6, 6.07) is 0. The third-order valence-corrected chi connectivity index (χ3v) is 1.38. The molecule has 1 N–H and O–H groups in total. The van der Waals surface area contributed by atoms with E-state index < -0.39 is 0 Å². The lowest BCUT2D eigenvalue weighted by Gasteiger charge is -2.11. The van der Waals surface area contributed by atoms with Gasteiger partial charge in [-0.2, -0.15) is 0 Å². The molecule has 2 nitrogen and oxygen atoms in total. The maximum Gasteiger partial charge on any atom is 0.0549 e. The minimum Gasteiger partial charge on any atom is -0.393 e. The van der Waals surface area contributed by atoms with Gasteiger partial charge in [0.1, 0.15) is 0 Å². The van der Waals surface area contributed by atoms with Gasteiger partial charge in [-0.25, -0.2) is 0 Å². The quantitative estimate of drug-likeness (QED) is 0.738. The molecular formula is C11H29NO. The first-order valence-electron chi connectivity index (χ1n) is 5.49. The first-order valence-corrected chi connectivity index (χ1v) is 5.49. The Morgan fingerprint density at radius 3 is 1.69 bits per heavy atom. The van der Waals surface area contributed by atoms with Crippen LogP contribution in [0.1, 0.15) is 47.5 Å². The van der Waals surface area contributed by atoms with Crippen LogP contribution >= 0.6 is 0 Å². The Morgan fingerprint density at radius 1 is 1.08 bits per heavy atom.